The predicted molar refractivity (Wildman–Crippen MR) is 29.9 cm³/mol. The monoisotopic (exact) mass is 140 g/mol. The molecule has 0 atom stereocenters. The lowest BCUT2D eigenvalue weighted by molar-refractivity contribution is 0.399. The van der Waals surface area contributed by atoms with Crippen molar-refractivity contribution in [3.05, 3.63) is 0 Å². The first-order valence-corrected chi connectivity index (χ1v) is 0.447. The first-order chi connectivity index (χ1) is 1.00. The molecule has 0 rings (SSSR count). The Bertz CT molecular complexity index is 6.85. The van der Waals surface area contributed by atoms with E-state index in [-0.39, 0.29) is 37.2 Å². The second-order valence-corrected chi connectivity index (χ2v) is 0. The van der Waals surface area contributed by atoms with E-state index in [9.17, 15) is 0 Å². The topological polar surface area (TPSA) is 20.2 Å². The quantitative estimate of drug-likeness (QED) is 0.531. The van der Waals surface area contributed by atoms with Crippen molar-refractivity contribution in [2.75, 3.05) is 7.11 Å². The molecule has 0 fully saturated rings. The zero-order valence-electron chi connectivity index (χ0n) is 2.67. The molecule has 0 spiro atoms. The highest BCUT2D eigenvalue weighted by atomic mass is 35.5. The number of hydrogen-bond acceptors (Lipinski definition) is 1. The lowest BCUT2D eigenvalue weighted by atomic mass is 11.8. The summed E-state index contributed by atoms with van der Waals surface area (Å²) in [4.78, 5) is 0. The van der Waals surface area contributed by atoms with Gasteiger partial charge in [-0.05, 0) is 0 Å². The van der Waals surface area contributed by atoms with Gasteiger partial charge in [0.1, 0.15) is 0 Å². The molecule has 38 valence electrons. The lowest BCUT2D eigenvalue weighted by Gasteiger charge is -1.21. The number of rotatable bonds is 0. The van der Waals surface area contributed by atoms with Gasteiger partial charge >= 0.3 is 0 Å². The molecule has 0 saturated heterocycles. The maximum atomic E-state index is 7.00. The van der Waals surface area contributed by atoms with Crippen LogP contribution in [0.25, 0.3) is 0 Å². The Morgan fingerprint density at radius 3 is 0.800 bits per heavy atom. The van der Waals surface area contributed by atoms with Crippen molar-refractivity contribution < 1.29 is 5.11 Å². The second kappa shape index (κ2) is 103. The first kappa shape index (κ1) is 40.6. The summed E-state index contributed by atoms with van der Waals surface area (Å²) >= 11 is 0. The number of halogens is 3. The van der Waals surface area contributed by atoms with Crippen LogP contribution in [0, 0.1) is 0 Å². The van der Waals surface area contributed by atoms with E-state index >= 15 is 0 Å². The summed E-state index contributed by atoms with van der Waals surface area (Å²) in [7, 11) is 1.00. The van der Waals surface area contributed by atoms with E-state index in [0.29, 0.717) is 0 Å². The summed E-state index contributed by atoms with van der Waals surface area (Å²) in [5, 5.41) is 7.00. The highest BCUT2D eigenvalue weighted by Gasteiger charge is 0.839. The van der Waals surface area contributed by atoms with Crippen LogP contribution in [0.5, 0.6) is 0 Å². The van der Waals surface area contributed by atoms with E-state index < -0.39 is 0 Å². The molecular weight excluding hydrogens is 134 g/mol. The van der Waals surface area contributed by atoms with Crippen LogP contribution in [0.3, 0.4) is 0 Å². The molecule has 5 heavy (non-hydrogen) atoms. The van der Waals surface area contributed by atoms with Crippen LogP contribution in [0.2, 0.25) is 0 Å². The van der Waals surface area contributed by atoms with Gasteiger partial charge in [-0.3, -0.25) is 0 Å². The van der Waals surface area contributed by atoms with Gasteiger partial charge in [-0.2, -0.15) is 0 Å². The number of aliphatic hydroxyl groups excluding tert-OH is 1. The molecule has 0 aromatic rings. The molecule has 0 bridgehead atoms. The minimum Gasteiger partial charge on any atom is -0.400 e. The predicted octanol–water partition coefficient (Wildman–Crippen LogP) is 0.874. The molecule has 0 aliphatic rings. The average Bonchev–Trinajstić information content (AvgIpc) is 1.00. The van der Waals surface area contributed by atoms with Crippen molar-refractivity contribution in [1.82, 2.24) is 0 Å². The van der Waals surface area contributed by atoms with E-state index in [1.54, 1.807) is 0 Å². The van der Waals surface area contributed by atoms with E-state index in [1.165, 1.54) is 0 Å². The van der Waals surface area contributed by atoms with Crippen LogP contribution >= 0.6 is 37.2 Å². The lowest BCUT2D eigenvalue weighted by Crippen LogP contribution is -1.25. The van der Waals surface area contributed by atoms with Crippen molar-refractivity contribution >= 4 is 37.2 Å². The fraction of sp³-hybridized carbons (Fsp3) is 1.00. The number of hydrogen-bond donors (Lipinski definition) is 1. The van der Waals surface area contributed by atoms with Gasteiger partial charge in [0.05, 0.1) is 0 Å². The number of aliphatic hydroxyl groups is 1. The Labute approximate surface area is 50.0 Å². The molecular formula is CH7Cl3O. The normalized spacial score (nSPS) is 1.20. The smallest absolute Gasteiger partial charge is 0.0319 e. The van der Waals surface area contributed by atoms with E-state index in [0.717, 1.165) is 7.11 Å². The SMILES string of the molecule is CO.Cl.Cl.Cl. The zero-order chi connectivity index (χ0) is 2.00. The Balaban J connectivity index is -0.00000000167. The highest BCUT2D eigenvalue weighted by Crippen LogP contribution is 0.755. The Morgan fingerprint density at radius 2 is 0.800 bits per heavy atom. The maximum absolute atomic E-state index is 7.00. The second-order valence-electron chi connectivity index (χ2n) is 0. The van der Waals surface area contributed by atoms with Gasteiger partial charge in [-0.1, -0.05) is 0 Å². The Morgan fingerprint density at radius 1 is 0.800 bits per heavy atom. The third kappa shape index (κ3) is 56.2. The van der Waals surface area contributed by atoms with Crippen molar-refractivity contribution in [2.45, 2.75) is 0 Å². The molecule has 0 amide bonds. The zero-order valence-corrected chi connectivity index (χ0v) is 5.12. The Hall–Kier alpha value is 0.830. The Kier molecular flexibility index (Phi) is 835. The van der Waals surface area contributed by atoms with Crippen LogP contribution in [-0.4, -0.2) is 12.2 Å². The van der Waals surface area contributed by atoms with Gasteiger partial charge in [0, 0.05) is 7.11 Å². The van der Waals surface area contributed by atoms with Crippen molar-refractivity contribution in [1.29, 1.82) is 0 Å². The molecule has 0 aliphatic heterocycles. The molecule has 0 aliphatic carbocycles. The van der Waals surface area contributed by atoms with Crippen LogP contribution in [-0.2, 0) is 0 Å². The highest BCUT2D eigenvalue weighted by molar-refractivity contribution is 5.86. The molecule has 0 aromatic heterocycles. The van der Waals surface area contributed by atoms with Gasteiger partial charge in [-0.15, -0.1) is 37.2 Å². The molecule has 0 aromatic carbocycles. The average molecular weight is 141 g/mol. The summed E-state index contributed by atoms with van der Waals surface area (Å²) in [6.45, 7) is 0. The largest absolute Gasteiger partial charge is 0.400 e. The van der Waals surface area contributed by atoms with E-state index in [1.807, 2.05) is 0 Å². The van der Waals surface area contributed by atoms with E-state index in [4.69, 9.17) is 5.11 Å². The van der Waals surface area contributed by atoms with Crippen LogP contribution in [0.4, 0.5) is 0 Å². The summed E-state index contributed by atoms with van der Waals surface area (Å²) in [5.41, 5.74) is 0. The standard InChI is InChI=1S/CH4O.3ClH/c1-2;;;/h2H,1H3;3*1H. The molecule has 0 heterocycles. The minimum atomic E-state index is 0. The first-order valence-electron chi connectivity index (χ1n) is 0.447. The third-order valence-electron chi connectivity index (χ3n) is 0. The van der Waals surface area contributed by atoms with Crippen molar-refractivity contribution in [3.8, 4) is 0 Å². The molecule has 0 saturated carbocycles. The summed E-state index contributed by atoms with van der Waals surface area (Å²) < 4.78 is 0. The molecule has 1 N–H and O–H groups in total. The third-order valence-corrected chi connectivity index (χ3v) is 0. The van der Waals surface area contributed by atoms with Gasteiger partial charge in [0.25, 0.3) is 0 Å². The summed E-state index contributed by atoms with van der Waals surface area (Å²) in [6.07, 6.45) is 0. The molecule has 1 nitrogen and oxygen atoms in total. The minimum absolute atomic E-state index is 0. The van der Waals surface area contributed by atoms with Crippen LogP contribution in [0.1, 0.15) is 0 Å². The van der Waals surface area contributed by atoms with Gasteiger partial charge in [0.15, 0.2) is 0 Å². The van der Waals surface area contributed by atoms with Gasteiger partial charge < -0.3 is 5.11 Å². The molecule has 0 unspecified atom stereocenters. The fourth-order valence-corrected chi connectivity index (χ4v) is 0. The van der Waals surface area contributed by atoms with Gasteiger partial charge in [0.2, 0.25) is 0 Å². The molecule has 0 radical (unpaired) electrons. The van der Waals surface area contributed by atoms with Gasteiger partial charge in [-0.25, -0.2) is 0 Å². The summed E-state index contributed by atoms with van der Waals surface area (Å²) in [6, 6.07) is 0. The van der Waals surface area contributed by atoms with Crippen LogP contribution < -0.4 is 0 Å². The van der Waals surface area contributed by atoms with Crippen LogP contribution in [0.15, 0.2) is 0 Å². The van der Waals surface area contributed by atoms with E-state index in [2.05, 4.69) is 0 Å². The maximum Gasteiger partial charge on any atom is 0.0319 e. The molecule has 4 heteroatoms. The van der Waals surface area contributed by atoms with Crippen molar-refractivity contribution in [3.63, 3.8) is 0 Å². The van der Waals surface area contributed by atoms with Crippen molar-refractivity contribution in [2.24, 2.45) is 0 Å². The summed E-state index contributed by atoms with van der Waals surface area (Å²) in [5.74, 6) is 0. The fourth-order valence-electron chi connectivity index (χ4n) is 0.